The van der Waals surface area contributed by atoms with Crippen molar-refractivity contribution in [2.24, 2.45) is 0 Å². The molecule has 0 amide bonds. The number of hydrogen-bond donors (Lipinski definition) is 2. The second-order valence-electron chi connectivity index (χ2n) is 2.02. The fourth-order valence-corrected chi connectivity index (χ4v) is 0.742. The van der Waals surface area contributed by atoms with Crippen molar-refractivity contribution in [2.45, 2.75) is 24.7 Å². The first-order valence-electron chi connectivity index (χ1n) is 2.72. The molecule has 0 aliphatic carbocycles. The van der Waals surface area contributed by atoms with Gasteiger partial charge in [-0.2, -0.15) is 5.26 Å². The van der Waals surface area contributed by atoms with Gasteiger partial charge in [0, 0.05) is 0 Å². The Morgan fingerprint density at radius 2 is 2.00 bits per heavy atom. The second-order valence-corrected chi connectivity index (χ2v) is 2.02. The van der Waals surface area contributed by atoms with Crippen LogP contribution in [0.4, 0.5) is 4.39 Å². The molecule has 1 saturated heterocycles. The molecule has 1 rings (SSSR count). The molecular formula is C5H6FNO3. The molecule has 0 bridgehead atoms. The van der Waals surface area contributed by atoms with E-state index in [9.17, 15) is 4.39 Å². The lowest BCUT2D eigenvalue weighted by molar-refractivity contribution is -0.0624. The first-order chi connectivity index (χ1) is 4.66. The van der Waals surface area contributed by atoms with Crippen molar-refractivity contribution in [3.63, 3.8) is 0 Å². The van der Waals surface area contributed by atoms with E-state index in [4.69, 9.17) is 15.5 Å². The topological polar surface area (TPSA) is 73.5 Å². The zero-order valence-electron chi connectivity index (χ0n) is 4.94. The van der Waals surface area contributed by atoms with E-state index in [0.717, 1.165) is 0 Å². The van der Waals surface area contributed by atoms with E-state index >= 15 is 0 Å². The van der Waals surface area contributed by atoms with E-state index in [-0.39, 0.29) is 0 Å². The Bertz CT molecular complexity index is 169. The number of aliphatic hydroxyl groups excluding tert-OH is 2. The predicted octanol–water partition coefficient (Wildman–Crippen LogP) is -1.07. The first-order valence-corrected chi connectivity index (χ1v) is 2.72. The average Bonchev–Trinajstić information content (AvgIpc) is 2.17. The molecule has 4 nitrogen and oxygen atoms in total. The number of halogens is 1. The van der Waals surface area contributed by atoms with Crippen LogP contribution < -0.4 is 0 Å². The number of ether oxygens (including phenoxy) is 1. The zero-order valence-corrected chi connectivity index (χ0v) is 4.94. The first kappa shape index (κ1) is 7.41. The van der Waals surface area contributed by atoms with Gasteiger partial charge in [-0.15, -0.1) is 0 Å². The maximum absolute atomic E-state index is 12.2. The fraction of sp³-hybridized carbons (Fsp3) is 0.800. The lowest BCUT2D eigenvalue weighted by Gasteiger charge is -2.05. The van der Waals surface area contributed by atoms with Gasteiger partial charge >= 0.3 is 0 Å². The summed E-state index contributed by atoms with van der Waals surface area (Å²) >= 11 is 0. The minimum atomic E-state index is -1.94. The van der Waals surface area contributed by atoms with Crippen molar-refractivity contribution in [1.29, 1.82) is 5.26 Å². The van der Waals surface area contributed by atoms with E-state index in [1.165, 1.54) is 6.07 Å². The number of nitriles is 1. The molecule has 4 atom stereocenters. The van der Waals surface area contributed by atoms with Gasteiger partial charge in [0.15, 0.2) is 6.10 Å². The summed E-state index contributed by atoms with van der Waals surface area (Å²) in [7, 11) is 0. The summed E-state index contributed by atoms with van der Waals surface area (Å²) in [5.41, 5.74) is 0. The van der Waals surface area contributed by atoms with E-state index < -0.39 is 24.7 Å². The molecule has 1 heterocycles. The van der Waals surface area contributed by atoms with Gasteiger partial charge in [0.1, 0.15) is 12.2 Å². The molecule has 1 aliphatic rings. The summed E-state index contributed by atoms with van der Waals surface area (Å²) in [5.74, 6) is 0. The summed E-state index contributed by atoms with van der Waals surface area (Å²) < 4.78 is 16.4. The zero-order chi connectivity index (χ0) is 7.72. The number of hydrogen-bond acceptors (Lipinski definition) is 4. The number of aliphatic hydroxyl groups is 2. The highest BCUT2D eigenvalue weighted by molar-refractivity contribution is 4.98. The number of alkyl halides is 1. The SMILES string of the molecule is N#CC1OC(F)C(O)C1O. The number of nitrogens with zero attached hydrogens (tertiary/aromatic N) is 1. The summed E-state index contributed by atoms with van der Waals surface area (Å²) in [4.78, 5) is 0. The molecule has 0 aromatic rings. The van der Waals surface area contributed by atoms with E-state index in [2.05, 4.69) is 4.74 Å². The standard InChI is InChI=1S/C5H6FNO3/c6-5-4(9)3(8)2(1-7)10-5/h2-5,8-9H. The van der Waals surface area contributed by atoms with Crippen LogP contribution in [0.3, 0.4) is 0 Å². The molecule has 5 heteroatoms. The van der Waals surface area contributed by atoms with Crippen LogP contribution >= 0.6 is 0 Å². The third-order valence-corrected chi connectivity index (χ3v) is 1.33. The summed E-state index contributed by atoms with van der Waals surface area (Å²) in [6.45, 7) is 0. The van der Waals surface area contributed by atoms with Gasteiger partial charge in [-0.25, -0.2) is 4.39 Å². The van der Waals surface area contributed by atoms with Crippen LogP contribution in [0.2, 0.25) is 0 Å². The van der Waals surface area contributed by atoms with Crippen LogP contribution in [0.25, 0.3) is 0 Å². The van der Waals surface area contributed by atoms with Crippen molar-refractivity contribution in [3.8, 4) is 6.07 Å². The minimum absolute atomic E-state index is 1.25. The van der Waals surface area contributed by atoms with E-state index in [1.54, 1.807) is 0 Å². The van der Waals surface area contributed by atoms with Crippen LogP contribution in [-0.2, 0) is 4.74 Å². The Balaban J connectivity index is 2.64. The van der Waals surface area contributed by atoms with Gasteiger partial charge in [0.25, 0.3) is 0 Å². The summed E-state index contributed by atoms with van der Waals surface area (Å²) in [5, 5.41) is 25.6. The molecule has 10 heavy (non-hydrogen) atoms. The molecule has 56 valence electrons. The van der Waals surface area contributed by atoms with Crippen LogP contribution in [0.5, 0.6) is 0 Å². The molecule has 1 fully saturated rings. The largest absolute Gasteiger partial charge is 0.386 e. The smallest absolute Gasteiger partial charge is 0.229 e. The van der Waals surface area contributed by atoms with Gasteiger partial charge in [-0.3, -0.25) is 0 Å². The highest BCUT2D eigenvalue weighted by atomic mass is 19.1. The Morgan fingerprint density at radius 3 is 2.20 bits per heavy atom. The Hall–Kier alpha value is -0.700. The van der Waals surface area contributed by atoms with Crippen molar-refractivity contribution in [2.75, 3.05) is 0 Å². The Kier molecular flexibility index (Phi) is 1.85. The maximum Gasteiger partial charge on any atom is 0.229 e. The number of rotatable bonds is 0. The molecule has 0 aromatic heterocycles. The molecule has 1 aliphatic heterocycles. The Morgan fingerprint density at radius 1 is 1.40 bits per heavy atom. The van der Waals surface area contributed by atoms with E-state index in [1.807, 2.05) is 0 Å². The van der Waals surface area contributed by atoms with Crippen molar-refractivity contribution >= 4 is 0 Å². The molecule has 0 saturated carbocycles. The third-order valence-electron chi connectivity index (χ3n) is 1.33. The van der Waals surface area contributed by atoms with Crippen molar-refractivity contribution in [1.82, 2.24) is 0 Å². The van der Waals surface area contributed by atoms with Crippen molar-refractivity contribution in [3.05, 3.63) is 0 Å². The molecule has 0 spiro atoms. The van der Waals surface area contributed by atoms with Gasteiger partial charge in [-0.05, 0) is 0 Å². The normalized spacial score (nSPS) is 47.0. The van der Waals surface area contributed by atoms with Gasteiger partial charge in [0.05, 0.1) is 6.07 Å². The van der Waals surface area contributed by atoms with Crippen LogP contribution in [0, 0.1) is 11.3 Å². The van der Waals surface area contributed by atoms with Crippen LogP contribution in [0.1, 0.15) is 0 Å². The fourth-order valence-electron chi connectivity index (χ4n) is 0.742. The monoisotopic (exact) mass is 147 g/mol. The summed E-state index contributed by atoms with van der Waals surface area (Å²) in [6.07, 6.45) is -6.21. The maximum atomic E-state index is 12.2. The minimum Gasteiger partial charge on any atom is -0.386 e. The Labute approximate surface area is 56.5 Å². The van der Waals surface area contributed by atoms with Crippen LogP contribution in [0.15, 0.2) is 0 Å². The highest BCUT2D eigenvalue weighted by Gasteiger charge is 2.43. The summed E-state index contributed by atoms with van der Waals surface area (Å²) in [6, 6.07) is 1.50. The van der Waals surface area contributed by atoms with Crippen LogP contribution in [-0.4, -0.2) is 34.9 Å². The highest BCUT2D eigenvalue weighted by Crippen LogP contribution is 2.20. The lowest BCUT2D eigenvalue weighted by Crippen LogP contribution is -2.30. The van der Waals surface area contributed by atoms with Gasteiger partial charge in [-0.1, -0.05) is 0 Å². The van der Waals surface area contributed by atoms with Crippen molar-refractivity contribution < 1.29 is 19.3 Å². The molecule has 0 radical (unpaired) electrons. The molecule has 0 aromatic carbocycles. The quantitative estimate of drug-likeness (QED) is 0.457. The molecule has 2 N–H and O–H groups in total. The average molecular weight is 147 g/mol. The molecular weight excluding hydrogens is 141 g/mol. The van der Waals surface area contributed by atoms with E-state index in [0.29, 0.717) is 0 Å². The third kappa shape index (κ3) is 0.968. The lowest BCUT2D eigenvalue weighted by atomic mass is 10.2. The molecule has 4 unspecified atom stereocenters. The second kappa shape index (κ2) is 2.50. The predicted molar refractivity (Wildman–Crippen MR) is 27.4 cm³/mol. The van der Waals surface area contributed by atoms with Gasteiger partial charge in [0.2, 0.25) is 6.36 Å². The van der Waals surface area contributed by atoms with Gasteiger partial charge < -0.3 is 14.9 Å².